The molecule has 0 bridgehead atoms. The van der Waals surface area contributed by atoms with Gasteiger partial charge in [0.25, 0.3) is 5.91 Å². The zero-order valence-corrected chi connectivity index (χ0v) is 10.2. The summed E-state index contributed by atoms with van der Waals surface area (Å²) >= 11 is 5.90. The van der Waals surface area contributed by atoms with Gasteiger partial charge in [-0.05, 0) is 19.1 Å². The number of hydrogen-bond acceptors (Lipinski definition) is 3. The zero-order chi connectivity index (χ0) is 12.4. The van der Waals surface area contributed by atoms with Crippen molar-refractivity contribution in [3.05, 3.63) is 40.8 Å². The standard InChI is InChI=1S/C11H11ClN4O/c1-7-8(6-16(2)15-7)11(17)14-10-9(12)4-3-5-13-10/h3-6H,1-2H3,(H,13,14,17). The van der Waals surface area contributed by atoms with E-state index in [0.29, 0.717) is 22.1 Å². The Morgan fingerprint density at radius 3 is 2.88 bits per heavy atom. The Labute approximate surface area is 103 Å². The van der Waals surface area contributed by atoms with Crippen molar-refractivity contribution in [1.29, 1.82) is 0 Å². The first-order valence-corrected chi connectivity index (χ1v) is 5.38. The Kier molecular flexibility index (Phi) is 3.10. The number of anilines is 1. The van der Waals surface area contributed by atoms with Gasteiger partial charge in [0.15, 0.2) is 5.82 Å². The summed E-state index contributed by atoms with van der Waals surface area (Å²) in [6.07, 6.45) is 3.22. The quantitative estimate of drug-likeness (QED) is 0.887. The first-order chi connectivity index (χ1) is 8.08. The third kappa shape index (κ3) is 2.45. The third-order valence-electron chi connectivity index (χ3n) is 2.25. The molecule has 0 radical (unpaired) electrons. The topological polar surface area (TPSA) is 59.8 Å². The zero-order valence-electron chi connectivity index (χ0n) is 9.44. The van der Waals surface area contributed by atoms with E-state index in [0.717, 1.165) is 0 Å². The first kappa shape index (κ1) is 11.6. The van der Waals surface area contributed by atoms with Gasteiger partial charge < -0.3 is 5.32 Å². The Hall–Kier alpha value is -1.88. The van der Waals surface area contributed by atoms with Crippen molar-refractivity contribution < 1.29 is 4.79 Å². The lowest BCUT2D eigenvalue weighted by atomic mass is 10.2. The second-order valence-electron chi connectivity index (χ2n) is 3.59. The molecular weight excluding hydrogens is 240 g/mol. The second kappa shape index (κ2) is 4.55. The maximum absolute atomic E-state index is 11.9. The average molecular weight is 251 g/mol. The Balaban J connectivity index is 2.23. The number of halogens is 1. The highest BCUT2D eigenvalue weighted by Gasteiger charge is 2.14. The van der Waals surface area contributed by atoms with Crippen LogP contribution >= 0.6 is 11.6 Å². The van der Waals surface area contributed by atoms with Crippen molar-refractivity contribution in [3.63, 3.8) is 0 Å². The van der Waals surface area contributed by atoms with E-state index >= 15 is 0 Å². The Morgan fingerprint density at radius 2 is 2.29 bits per heavy atom. The molecule has 1 N–H and O–H groups in total. The number of amides is 1. The van der Waals surface area contributed by atoms with Crippen molar-refractivity contribution in [3.8, 4) is 0 Å². The van der Waals surface area contributed by atoms with Crippen LogP contribution in [0, 0.1) is 6.92 Å². The number of nitrogens with zero attached hydrogens (tertiary/aromatic N) is 3. The van der Waals surface area contributed by atoms with Crippen molar-refractivity contribution in [2.75, 3.05) is 5.32 Å². The molecule has 0 atom stereocenters. The molecule has 5 nitrogen and oxygen atoms in total. The van der Waals surface area contributed by atoms with Crippen LogP contribution in [-0.4, -0.2) is 20.7 Å². The van der Waals surface area contributed by atoms with E-state index in [1.807, 2.05) is 0 Å². The highest BCUT2D eigenvalue weighted by Crippen LogP contribution is 2.18. The van der Waals surface area contributed by atoms with Gasteiger partial charge in [-0.3, -0.25) is 9.48 Å². The molecule has 6 heteroatoms. The molecule has 0 unspecified atom stereocenters. The SMILES string of the molecule is Cc1nn(C)cc1C(=O)Nc1ncccc1Cl. The van der Waals surface area contributed by atoms with Gasteiger partial charge in [0, 0.05) is 19.4 Å². The van der Waals surface area contributed by atoms with E-state index < -0.39 is 0 Å². The van der Waals surface area contributed by atoms with Crippen molar-refractivity contribution in [1.82, 2.24) is 14.8 Å². The van der Waals surface area contributed by atoms with Crippen LogP contribution < -0.4 is 5.32 Å². The predicted molar refractivity (Wildman–Crippen MR) is 65.1 cm³/mol. The van der Waals surface area contributed by atoms with Gasteiger partial charge in [0.05, 0.1) is 16.3 Å². The average Bonchev–Trinajstić information content (AvgIpc) is 2.61. The Bertz CT molecular complexity index is 564. The van der Waals surface area contributed by atoms with E-state index in [-0.39, 0.29) is 5.91 Å². The molecule has 2 aromatic heterocycles. The smallest absolute Gasteiger partial charge is 0.260 e. The van der Waals surface area contributed by atoms with E-state index in [1.165, 1.54) is 0 Å². The highest BCUT2D eigenvalue weighted by atomic mass is 35.5. The minimum absolute atomic E-state index is 0.267. The molecule has 17 heavy (non-hydrogen) atoms. The van der Waals surface area contributed by atoms with Crippen molar-refractivity contribution >= 4 is 23.3 Å². The molecule has 0 fully saturated rings. The number of nitrogens with one attached hydrogen (secondary N) is 1. The van der Waals surface area contributed by atoms with E-state index in [9.17, 15) is 4.79 Å². The molecule has 0 aliphatic carbocycles. The molecule has 0 aliphatic heterocycles. The number of aryl methyl sites for hydroxylation is 2. The maximum atomic E-state index is 11.9. The van der Waals surface area contributed by atoms with Crippen LogP contribution in [0.4, 0.5) is 5.82 Å². The Morgan fingerprint density at radius 1 is 1.53 bits per heavy atom. The van der Waals surface area contributed by atoms with Crippen LogP contribution in [0.5, 0.6) is 0 Å². The van der Waals surface area contributed by atoms with Gasteiger partial charge in [0.2, 0.25) is 0 Å². The second-order valence-corrected chi connectivity index (χ2v) is 4.00. The minimum Gasteiger partial charge on any atom is -0.305 e. The molecule has 0 spiro atoms. The summed E-state index contributed by atoms with van der Waals surface area (Å²) in [7, 11) is 1.76. The highest BCUT2D eigenvalue weighted by molar-refractivity contribution is 6.33. The normalized spacial score (nSPS) is 10.3. The third-order valence-corrected chi connectivity index (χ3v) is 2.55. The van der Waals surface area contributed by atoms with Gasteiger partial charge in [-0.15, -0.1) is 0 Å². The van der Waals surface area contributed by atoms with Crippen LogP contribution in [-0.2, 0) is 7.05 Å². The number of carbonyl (C=O) groups is 1. The van der Waals surface area contributed by atoms with Gasteiger partial charge in [0.1, 0.15) is 0 Å². The predicted octanol–water partition coefficient (Wildman–Crippen LogP) is 2.03. The summed E-state index contributed by atoms with van der Waals surface area (Å²) in [6.45, 7) is 1.77. The molecule has 1 amide bonds. The molecular formula is C11H11ClN4O. The van der Waals surface area contributed by atoms with Crippen molar-refractivity contribution in [2.24, 2.45) is 7.05 Å². The molecule has 88 valence electrons. The van der Waals surface area contributed by atoms with Crippen molar-refractivity contribution in [2.45, 2.75) is 6.92 Å². The van der Waals surface area contributed by atoms with Crippen LogP contribution in [0.15, 0.2) is 24.5 Å². The van der Waals surface area contributed by atoms with E-state index in [4.69, 9.17) is 11.6 Å². The number of rotatable bonds is 2. The van der Waals surface area contributed by atoms with Crippen LogP contribution in [0.3, 0.4) is 0 Å². The number of aromatic nitrogens is 3. The summed E-state index contributed by atoms with van der Waals surface area (Å²) in [5, 5.41) is 7.15. The van der Waals surface area contributed by atoms with Gasteiger partial charge in [-0.25, -0.2) is 4.98 Å². The van der Waals surface area contributed by atoms with E-state index in [2.05, 4.69) is 15.4 Å². The van der Waals surface area contributed by atoms with Crippen LogP contribution in [0.1, 0.15) is 16.1 Å². The molecule has 0 saturated heterocycles. The fourth-order valence-electron chi connectivity index (χ4n) is 1.48. The fourth-order valence-corrected chi connectivity index (χ4v) is 1.64. The largest absolute Gasteiger partial charge is 0.305 e. The van der Waals surface area contributed by atoms with Gasteiger partial charge in [-0.1, -0.05) is 11.6 Å². The lowest BCUT2D eigenvalue weighted by Gasteiger charge is -2.04. The summed E-state index contributed by atoms with van der Waals surface area (Å²) in [6, 6.07) is 3.37. The van der Waals surface area contributed by atoms with Crippen LogP contribution in [0.25, 0.3) is 0 Å². The first-order valence-electron chi connectivity index (χ1n) is 5.00. The minimum atomic E-state index is -0.267. The number of hydrogen-bond donors (Lipinski definition) is 1. The summed E-state index contributed by atoms with van der Waals surface area (Å²) < 4.78 is 1.59. The maximum Gasteiger partial charge on any atom is 0.260 e. The molecule has 2 rings (SSSR count). The lowest BCUT2D eigenvalue weighted by molar-refractivity contribution is 0.102. The summed E-state index contributed by atoms with van der Waals surface area (Å²) in [4.78, 5) is 15.9. The van der Waals surface area contributed by atoms with Crippen LogP contribution in [0.2, 0.25) is 5.02 Å². The molecule has 0 aliphatic rings. The fraction of sp³-hybridized carbons (Fsp3) is 0.182. The molecule has 2 heterocycles. The number of carbonyl (C=O) groups excluding carboxylic acids is 1. The lowest BCUT2D eigenvalue weighted by Crippen LogP contribution is -2.13. The van der Waals surface area contributed by atoms with E-state index in [1.54, 1.807) is 43.2 Å². The number of pyridine rings is 1. The molecule has 2 aromatic rings. The molecule has 0 saturated carbocycles. The summed E-state index contributed by atoms with van der Waals surface area (Å²) in [5.41, 5.74) is 1.17. The summed E-state index contributed by atoms with van der Waals surface area (Å²) in [5.74, 6) is 0.0821. The van der Waals surface area contributed by atoms with Gasteiger partial charge in [-0.2, -0.15) is 5.10 Å². The monoisotopic (exact) mass is 250 g/mol. The molecule has 0 aromatic carbocycles. The van der Waals surface area contributed by atoms with Gasteiger partial charge >= 0.3 is 0 Å².